The van der Waals surface area contributed by atoms with Crippen molar-refractivity contribution >= 4 is 11.8 Å². The lowest BCUT2D eigenvalue weighted by Gasteiger charge is -2.31. The van der Waals surface area contributed by atoms with Crippen LogP contribution in [-0.4, -0.2) is 58.0 Å². The van der Waals surface area contributed by atoms with Gasteiger partial charge in [-0.15, -0.1) is 10.2 Å². The van der Waals surface area contributed by atoms with Crippen LogP contribution in [0.5, 0.6) is 0 Å². The van der Waals surface area contributed by atoms with Crippen LogP contribution in [0.2, 0.25) is 0 Å². The Morgan fingerprint density at radius 2 is 1.68 bits per heavy atom. The lowest BCUT2D eigenvalue weighted by atomic mass is 9.96. The van der Waals surface area contributed by atoms with E-state index < -0.39 is 0 Å². The van der Waals surface area contributed by atoms with Gasteiger partial charge in [-0.2, -0.15) is 0 Å². The van der Waals surface area contributed by atoms with Gasteiger partial charge in [-0.3, -0.25) is 9.59 Å². The molecule has 0 bridgehead atoms. The zero-order valence-electron chi connectivity index (χ0n) is 15.2. The van der Waals surface area contributed by atoms with Gasteiger partial charge in [-0.25, -0.2) is 0 Å². The van der Waals surface area contributed by atoms with Crippen LogP contribution < -0.4 is 0 Å². The Labute approximate surface area is 148 Å². The molecule has 138 valence electrons. The first-order valence-electron chi connectivity index (χ1n) is 9.40. The first-order chi connectivity index (χ1) is 12.0. The topological polar surface area (TPSA) is 79.5 Å². The summed E-state index contributed by atoms with van der Waals surface area (Å²) < 4.78 is 5.74. The zero-order chi connectivity index (χ0) is 17.8. The van der Waals surface area contributed by atoms with E-state index in [0.717, 1.165) is 51.9 Å². The highest BCUT2D eigenvalue weighted by molar-refractivity contribution is 5.78. The van der Waals surface area contributed by atoms with Crippen LogP contribution in [0, 0.1) is 5.92 Å². The van der Waals surface area contributed by atoms with E-state index in [1.165, 1.54) is 0 Å². The Hall–Kier alpha value is -1.92. The van der Waals surface area contributed by atoms with E-state index in [9.17, 15) is 9.59 Å². The van der Waals surface area contributed by atoms with Crippen LogP contribution in [0.25, 0.3) is 0 Å². The smallest absolute Gasteiger partial charge is 0.231 e. The lowest BCUT2D eigenvalue weighted by Crippen LogP contribution is -2.38. The van der Waals surface area contributed by atoms with E-state index >= 15 is 0 Å². The SMILES string of the molecule is CC(C)CC(=O)N1CCC(c2nnc(CC(=O)N3CCCC3)o2)CC1. The molecule has 0 N–H and O–H groups in total. The Morgan fingerprint density at radius 1 is 1.04 bits per heavy atom. The van der Waals surface area contributed by atoms with Crippen LogP contribution in [0.3, 0.4) is 0 Å². The molecule has 3 rings (SSSR count). The Bertz CT molecular complexity index is 599. The molecule has 1 aromatic rings. The highest BCUT2D eigenvalue weighted by Gasteiger charge is 2.28. The molecule has 1 aromatic heterocycles. The molecule has 7 heteroatoms. The van der Waals surface area contributed by atoms with Gasteiger partial charge in [0, 0.05) is 38.5 Å². The summed E-state index contributed by atoms with van der Waals surface area (Å²) >= 11 is 0. The number of carbonyl (C=O) groups excluding carboxylic acids is 2. The Balaban J connectivity index is 1.50. The first kappa shape index (κ1) is 17.9. The van der Waals surface area contributed by atoms with Crippen molar-refractivity contribution < 1.29 is 14.0 Å². The number of aromatic nitrogens is 2. The van der Waals surface area contributed by atoms with Crippen LogP contribution >= 0.6 is 0 Å². The van der Waals surface area contributed by atoms with Crippen molar-refractivity contribution in [3.63, 3.8) is 0 Å². The van der Waals surface area contributed by atoms with Crippen LogP contribution in [0.1, 0.15) is 63.7 Å². The molecule has 3 heterocycles. The summed E-state index contributed by atoms with van der Waals surface area (Å²) in [5.74, 6) is 1.89. The predicted molar refractivity (Wildman–Crippen MR) is 91.8 cm³/mol. The number of carbonyl (C=O) groups is 2. The van der Waals surface area contributed by atoms with E-state index in [0.29, 0.717) is 24.1 Å². The number of hydrogen-bond donors (Lipinski definition) is 0. The molecule has 0 spiro atoms. The van der Waals surface area contributed by atoms with E-state index in [1.807, 2.05) is 9.80 Å². The second-order valence-electron chi connectivity index (χ2n) is 7.55. The zero-order valence-corrected chi connectivity index (χ0v) is 15.2. The number of likely N-dealkylation sites (tertiary alicyclic amines) is 2. The van der Waals surface area contributed by atoms with E-state index in [4.69, 9.17) is 4.42 Å². The van der Waals surface area contributed by atoms with Crippen molar-refractivity contribution in [1.82, 2.24) is 20.0 Å². The summed E-state index contributed by atoms with van der Waals surface area (Å²) in [7, 11) is 0. The standard InChI is InChI=1S/C18H28N4O3/c1-13(2)11-16(23)22-9-5-14(6-10-22)18-20-19-15(25-18)12-17(24)21-7-3-4-8-21/h13-14H,3-12H2,1-2H3. The maximum atomic E-state index is 12.2. The minimum Gasteiger partial charge on any atom is -0.424 e. The summed E-state index contributed by atoms with van der Waals surface area (Å²) in [6, 6.07) is 0. The molecule has 25 heavy (non-hydrogen) atoms. The van der Waals surface area contributed by atoms with Crippen LogP contribution in [0.4, 0.5) is 0 Å². The maximum Gasteiger partial charge on any atom is 0.231 e. The number of amides is 2. The average Bonchev–Trinajstić information content (AvgIpc) is 3.26. The van der Waals surface area contributed by atoms with Crippen LogP contribution in [0.15, 0.2) is 4.42 Å². The van der Waals surface area contributed by atoms with Crippen molar-refractivity contribution in [2.24, 2.45) is 5.92 Å². The molecule has 0 radical (unpaired) electrons. The molecule has 2 amide bonds. The van der Waals surface area contributed by atoms with Gasteiger partial charge in [0.1, 0.15) is 6.42 Å². The third-order valence-electron chi connectivity index (χ3n) is 5.02. The second kappa shape index (κ2) is 7.97. The Morgan fingerprint density at radius 3 is 2.32 bits per heavy atom. The summed E-state index contributed by atoms with van der Waals surface area (Å²) in [5.41, 5.74) is 0. The van der Waals surface area contributed by atoms with Gasteiger partial charge < -0.3 is 14.2 Å². The van der Waals surface area contributed by atoms with Crippen molar-refractivity contribution in [3.05, 3.63) is 11.8 Å². The lowest BCUT2D eigenvalue weighted by molar-refractivity contribution is -0.133. The van der Waals surface area contributed by atoms with E-state index in [-0.39, 0.29) is 24.2 Å². The summed E-state index contributed by atoms with van der Waals surface area (Å²) in [5, 5.41) is 8.20. The van der Waals surface area contributed by atoms with Gasteiger partial charge >= 0.3 is 0 Å². The molecule has 0 unspecified atom stereocenters. The highest BCUT2D eigenvalue weighted by Crippen LogP contribution is 2.27. The number of nitrogens with zero attached hydrogens (tertiary/aromatic N) is 4. The molecule has 2 aliphatic heterocycles. The maximum absolute atomic E-state index is 12.2. The molecule has 0 atom stereocenters. The fourth-order valence-electron chi connectivity index (χ4n) is 3.56. The van der Waals surface area contributed by atoms with Gasteiger partial charge in [0.05, 0.1) is 0 Å². The van der Waals surface area contributed by atoms with Gasteiger partial charge in [-0.05, 0) is 31.6 Å². The molecule has 2 saturated heterocycles. The third-order valence-corrected chi connectivity index (χ3v) is 5.02. The largest absolute Gasteiger partial charge is 0.424 e. The third kappa shape index (κ3) is 4.58. The summed E-state index contributed by atoms with van der Waals surface area (Å²) in [4.78, 5) is 28.1. The van der Waals surface area contributed by atoms with Crippen molar-refractivity contribution in [1.29, 1.82) is 0 Å². The van der Waals surface area contributed by atoms with Crippen molar-refractivity contribution in [3.8, 4) is 0 Å². The monoisotopic (exact) mass is 348 g/mol. The fraction of sp³-hybridized carbons (Fsp3) is 0.778. The van der Waals surface area contributed by atoms with E-state index in [2.05, 4.69) is 24.0 Å². The first-order valence-corrected chi connectivity index (χ1v) is 9.40. The molecule has 0 saturated carbocycles. The molecule has 2 fully saturated rings. The fourth-order valence-corrected chi connectivity index (χ4v) is 3.56. The molecular weight excluding hydrogens is 320 g/mol. The highest BCUT2D eigenvalue weighted by atomic mass is 16.4. The average molecular weight is 348 g/mol. The van der Waals surface area contributed by atoms with Crippen molar-refractivity contribution in [2.75, 3.05) is 26.2 Å². The van der Waals surface area contributed by atoms with E-state index in [1.54, 1.807) is 0 Å². The molecule has 7 nitrogen and oxygen atoms in total. The van der Waals surface area contributed by atoms with Gasteiger partial charge in [0.25, 0.3) is 0 Å². The van der Waals surface area contributed by atoms with Crippen molar-refractivity contribution in [2.45, 2.75) is 58.3 Å². The molecule has 2 aliphatic rings. The molecular formula is C18H28N4O3. The summed E-state index contributed by atoms with van der Waals surface area (Å²) in [6.07, 6.45) is 4.63. The minimum atomic E-state index is 0.0711. The minimum absolute atomic E-state index is 0.0711. The van der Waals surface area contributed by atoms with Gasteiger partial charge in [-0.1, -0.05) is 13.8 Å². The number of piperidine rings is 1. The number of rotatable bonds is 5. The normalized spacial score (nSPS) is 19.0. The number of hydrogen-bond acceptors (Lipinski definition) is 5. The predicted octanol–water partition coefficient (Wildman–Crippen LogP) is 1.99. The summed E-state index contributed by atoms with van der Waals surface area (Å²) in [6.45, 7) is 7.27. The van der Waals surface area contributed by atoms with Gasteiger partial charge in [0.2, 0.25) is 23.6 Å². The molecule has 0 aromatic carbocycles. The van der Waals surface area contributed by atoms with Crippen LogP contribution in [-0.2, 0) is 16.0 Å². The second-order valence-corrected chi connectivity index (χ2v) is 7.55. The quantitative estimate of drug-likeness (QED) is 0.813. The Kier molecular flexibility index (Phi) is 5.71. The molecule has 0 aliphatic carbocycles. The van der Waals surface area contributed by atoms with Gasteiger partial charge in [0.15, 0.2) is 0 Å².